The van der Waals surface area contributed by atoms with Crippen molar-refractivity contribution in [1.82, 2.24) is 10.3 Å². The van der Waals surface area contributed by atoms with E-state index in [0.717, 1.165) is 21.7 Å². The van der Waals surface area contributed by atoms with Gasteiger partial charge in [-0.25, -0.2) is 4.98 Å². The molecule has 1 atom stereocenters. The molecular formula is C14H17BrN2S. The molecule has 2 rings (SSSR count). The zero-order valence-electron chi connectivity index (χ0n) is 10.8. The van der Waals surface area contributed by atoms with E-state index in [1.54, 1.807) is 11.3 Å². The van der Waals surface area contributed by atoms with Gasteiger partial charge in [-0.1, -0.05) is 28.9 Å². The van der Waals surface area contributed by atoms with Gasteiger partial charge in [0.05, 0.1) is 5.69 Å². The van der Waals surface area contributed by atoms with Crippen molar-refractivity contribution in [3.8, 4) is 10.6 Å². The molecule has 0 aliphatic heterocycles. The van der Waals surface area contributed by atoms with Gasteiger partial charge in [0.2, 0.25) is 0 Å². The minimum Gasteiger partial charge on any atom is -0.309 e. The smallest absolute Gasteiger partial charge is 0.123 e. The van der Waals surface area contributed by atoms with Crippen molar-refractivity contribution in [3.05, 3.63) is 39.3 Å². The molecule has 0 saturated heterocycles. The molecule has 4 heteroatoms. The summed E-state index contributed by atoms with van der Waals surface area (Å²) in [5, 5.41) is 6.63. The second-order valence-electron chi connectivity index (χ2n) is 4.32. The summed E-state index contributed by atoms with van der Waals surface area (Å²) in [6.45, 7) is 7.35. The van der Waals surface area contributed by atoms with Crippen molar-refractivity contribution in [1.29, 1.82) is 0 Å². The van der Waals surface area contributed by atoms with Crippen LogP contribution in [0.2, 0.25) is 0 Å². The lowest BCUT2D eigenvalue weighted by atomic mass is 10.1. The van der Waals surface area contributed by atoms with Gasteiger partial charge in [-0.15, -0.1) is 11.3 Å². The molecule has 0 aliphatic rings. The molecule has 18 heavy (non-hydrogen) atoms. The van der Waals surface area contributed by atoms with Gasteiger partial charge >= 0.3 is 0 Å². The second-order valence-corrected chi connectivity index (χ2v) is 6.09. The molecule has 0 spiro atoms. The first-order valence-corrected chi connectivity index (χ1v) is 7.74. The Hall–Kier alpha value is -0.710. The maximum Gasteiger partial charge on any atom is 0.123 e. The Kier molecular flexibility index (Phi) is 4.54. The van der Waals surface area contributed by atoms with Crippen LogP contribution in [-0.2, 0) is 0 Å². The van der Waals surface area contributed by atoms with Gasteiger partial charge in [-0.2, -0.15) is 0 Å². The summed E-state index contributed by atoms with van der Waals surface area (Å²) in [6, 6.07) is 6.64. The molecule has 2 aromatic rings. The summed E-state index contributed by atoms with van der Waals surface area (Å²) < 4.78 is 1.11. The number of rotatable bonds is 4. The third kappa shape index (κ3) is 2.99. The SMILES string of the molecule is CCNC(C)c1csc(-c2ccc(Br)cc2C)n1. The molecule has 1 heterocycles. The fraction of sp³-hybridized carbons (Fsp3) is 0.357. The predicted octanol–water partition coefficient (Wildman–Crippen LogP) is 4.55. The topological polar surface area (TPSA) is 24.9 Å². The summed E-state index contributed by atoms with van der Waals surface area (Å²) in [5.74, 6) is 0. The number of aryl methyl sites for hydroxylation is 1. The van der Waals surface area contributed by atoms with E-state index in [9.17, 15) is 0 Å². The molecule has 1 unspecified atom stereocenters. The van der Waals surface area contributed by atoms with Crippen LogP contribution in [0.1, 0.15) is 31.1 Å². The lowest BCUT2D eigenvalue weighted by Crippen LogP contribution is -2.17. The number of halogens is 1. The quantitative estimate of drug-likeness (QED) is 0.892. The zero-order chi connectivity index (χ0) is 13.1. The highest BCUT2D eigenvalue weighted by Crippen LogP contribution is 2.30. The first-order valence-electron chi connectivity index (χ1n) is 6.07. The Labute approximate surface area is 121 Å². The molecule has 0 saturated carbocycles. The Balaban J connectivity index is 2.29. The van der Waals surface area contributed by atoms with E-state index >= 15 is 0 Å². The predicted molar refractivity (Wildman–Crippen MR) is 82.1 cm³/mol. The van der Waals surface area contributed by atoms with Crippen LogP contribution in [0.5, 0.6) is 0 Å². The number of aromatic nitrogens is 1. The number of thiazole rings is 1. The van der Waals surface area contributed by atoms with E-state index in [4.69, 9.17) is 4.98 Å². The first kappa shape index (κ1) is 13.7. The van der Waals surface area contributed by atoms with Gasteiger partial charge in [-0.05, 0) is 38.1 Å². The summed E-state index contributed by atoms with van der Waals surface area (Å²) in [7, 11) is 0. The number of nitrogens with one attached hydrogen (secondary N) is 1. The molecule has 1 aromatic heterocycles. The normalized spacial score (nSPS) is 12.7. The highest BCUT2D eigenvalue weighted by atomic mass is 79.9. The average molecular weight is 325 g/mol. The molecule has 1 aromatic carbocycles. The van der Waals surface area contributed by atoms with E-state index in [-0.39, 0.29) is 0 Å². The van der Waals surface area contributed by atoms with E-state index in [2.05, 4.69) is 65.6 Å². The van der Waals surface area contributed by atoms with Crippen LogP contribution in [-0.4, -0.2) is 11.5 Å². The number of hydrogen-bond donors (Lipinski definition) is 1. The third-order valence-electron chi connectivity index (χ3n) is 2.89. The third-order valence-corrected chi connectivity index (χ3v) is 4.28. The van der Waals surface area contributed by atoms with E-state index in [1.807, 2.05) is 0 Å². The number of benzene rings is 1. The van der Waals surface area contributed by atoms with Crippen molar-refractivity contribution in [3.63, 3.8) is 0 Å². The summed E-state index contributed by atoms with van der Waals surface area (Å²) in [4.78, 5) is 4.73. The van der Waals surface area contributed by atoms with E-state index in [1.165, 1.54) is 11.1 Å². The Bertz CT molecular complexity index is 536. The van der Waals surface area contributed by atoms with E-state index in [0.29, 0.717) is 6.04 Å². The van der Waals surface area contributed by atoms with Gasteiger partial charge < -0.3 is 5.32 Å². The van der Waals surface area contributed by atoms with Crippen molar-refractivity contribution in [2.45, 2.75) is 26.8 Å². The molecule has 2 nitrogen and oxygen atoms in total. The van der Waals surface area contributed by atoms with Gasteiger partial charge in [0.25, 0.3) is 0 Å². The monoisotopic (exact) mass is 324 g/mol. The van der Waals surface area contributed by atoms with Crippen LogP contribution in [0, 0.1) is 6.92 Å². The van der Waals surface area contributed by atoms with Crippen molar-refractivity contribution < 1.29 is 0 Å². The molecule has 96 valence electrons. The van der Waals surface area contributed by atoms with Crippen LogP contribution in [0.4, 0.5) is 0 Å². The number of nitrogens with zero attached hydrogens (tertiary/aromatic N) is 1. The standard InChI is InChI=1S/C14H17BrN2S/c1-4-16-10(3)13-8-18-14(17-13)12-6-5-11(15)7-9(12)2/h5-8,10,16H,4H2,1-3H3. The molecular weight excluding hydrogens is 308 g/mol. The highest BCUT2D eigenvalue weighted by Gasteiger charge is 2.11. The Morgan fingerprint density at radius 2 is 2.22 bits per heavy atom. The first-order chi connectivity index (χ1) is 8.61. The maximum absolute atomic E-state index is 4.73. The summed E-state index contributed by atoms with van der Waals surface area (Å²) in [6.07, 6.45) is 0. The fourth-order valence-electron chi connectivity index (χ4n) is 1.89. The molecule has 0 fully saturated rings. The lowest BCUT2D eigenvalue weighted by Gasteiger charge is -2.08. The minimum absolute atomic E-state index is 0.316. The number of hydrogen-bond acceptors (Lipinski definition) is 3. The van der Waals surface area contributed by atoms with Crippen molar-refractivity contribution in [2.75, 3.05) is 6.54 Å². The minimum atomic E-state index is 0.316. The van der Waals surface area contributed by atoms with Gasteiger partial charge in [0, 0.05) is 21.5 Å². The van der Waals surface area contributed by atoms with Crippen molar-refractivity contribution in [2.24, 2.45) is 0 Å². The zero-order valence-corrected chi connectivity index (χ0v) is 13.2. The van der Waals surface area contributed by atoms with Crippen LogP contribution >= 0.6 is 27.3 Å². The van der Waals surface area contributed by atoms with Gasteiger partial charge in [0.15, 0.2) is 0 Å². The summed E-state index contributed by atoms with van der Waals surface area (Å²) in [5.41, 5.74) is 3.60. The molecule has 0 aliphatic carbocycles. The maximum atomic E-state index is 4.73. The highest BCUT2D eigenvalue weighted by molar-refractivity contribution is 9.10. The average Bonchev–Trinajstić information content (AvgIpc) is 2.78. The molecule has 0 radical (unpaired) electrons. The molecule has 1 N–H and O–H groups in total. The molecule has 0 amide bonds. The Morgan fingerprint density at radius 1 is 1.44 bits per heavy atom. The van der Waals surface area contributed by atoms with Crippen LogP contribution in [0.3, 0.4) is 0 Å². The van der Waals surface area contributed by atoms with Crippen molar-refractivity contribution >= 4 is 27.3 Å². The van der Waals surface area contributed by atoms with E-state index < -0.39 is 0 Å². The van der Waals surface area contributed by atoms with Gasteiger partial charge in [0.1, 0.15) is 5.01 Å². The Morgan fingerprint density at radius 3 is 2.89 bits per heavy atom. The fourth-order valence-corrected chi connectivity index (χ4v) is 3.37. The summed E-state index contributed by atoms with van der Waals surface area (Å²) >= 11 is 5.20. The van der Waals surface area contributed by atoms with Crippen LogP contribution in [0.15, 0.2) is 28.1 Å². The second kappa shape index (κ2) is 5.95. The largest absolute Gasteiger partial charge is 0.309 e. The molecule has 0 bridgehead atoms. The van der Waals surface area contributed by atoms with Crippen LogP contribution < -0.4 is 5.32 Å². The lowest BCUT2D eigenvalue weighted by molar-refractivity contribution is 0.587. The van der Waals surface area contributed by atoms with Crippen LogP contribution in [0.25, 0.3) is 10.6 Å². The van der Waals surface area contributed by atoms with Gasteiger partial charge in [-0.3, -0.25) is 0 Å².